The minimum absolute atomic E-state index is 0.100. The first-order valence-corrected chi connectivity index (χ1v) is 9.55. The largest absolute Gasteiger partial charge is 0.496 e. The van der Waals surface area contributed by atoms with Crippen molar-refractivity contribution in [2.45, 2.75) is 25.9 Å². The van der Waals surface area contributed by atoms with Crippen molar-refractivity contribution in [2.24, 2.45) is 5.92 Å². The lowest BCUT2D eigenvalue weighted by Crippen LogP contribution is -2.55. The number of Topliss-reactive ketones (excluding diaryl/α,β-unsaturated/α-hetero) is 1. The summed E-state index contributed by atoms with van der Waals surface area (Å²) in [4.78, 5) is 37.4. The molecule has 1 heterocycles. The maximum absolute atomic E-state index is 13.3. The molecule has 1 aliphatic carbocycles. The highest BCUT2D eigenvalue weighted by molar-refractivity contribution is 6.36. The van der Waals surface area contributed by atoms with Crippen molar-refractivity contribution >= 4 is 29.1 Å². The SMILES string of the molecule is COc1cc(OC)c2c(c1Cl)O[C@@]1(C(=O)C=C(NCCNC(C)=O)C[C@H]1C)C2=O. The Morgan fingerprint density at radius 1 is 1.28 bits per heavy atom. The summed E-state index contributed by atoms with van der Waals surface area (Å²) < 4.78 is 16.5. The first kappa shape index (κ1) is 21.0. The number of carbonyl (C=O) groups excluding carboxylic acids is 3. The molecule has 9 heteroatoms. The van der Waals surface area contributed by atoms with Crippen LogP contribution in [0.25, 0.3) is 0 Å². The Labute approximate surface area is 173 Å². The van der Waals surface area contributed by atoms with Gasteiger partial charge < -0.3 is 24.8 Å². The fourth-order valence-corrected chi connectivity index (χ4v) is 3.98. The molecule has 0 aromatic heterocycles. The Hall–Kier alpha value is -2.74. The van der Waals surface area contributed by atoms with Gasteiger partial charge in [0.25, 0.3) is 0 Å². The second kappa shape index (κ2) is 7.94. The zero-order chi connectivity index (χ0) is 21.3. The van der Waals surface area contributed by atoms with Gasteiger partial charge in [0.05, 0.1) is 14.2 Å². The van der Waals surface area contributed by atoms with E-state index in [1.165, 1.54) is 33.3 Å². The number of nitrogens with one attached hydrogen (secondary N) is 2. The summed E-state index contributed by atoms with van der Waals surface area (Å²) in [6.45, 7) is 4.10. The molecule has 0 unspecified atom stereocenters. The highest BCUT2D eigenvalue weighted by Gasteiger charge is 2.60. The number of ketones is 2. The van der Waals surface area contributed by atoms with Crippen molar-refractivity contribution in [3.05, 3.63) is 28.4 Å². The van der Waals surface area contributed by atoms with Gasteiger partial charge in [-0.2, -0.15) is 0 Å². The maximum Gasteiger partial charge on any atom is 0.236 e. The zero-order valence-corrected chi connectivity index (χ0v) is 17.4. The third-order valence-electron chi connectivity index (χ3n) is 5.16. The fourth-order valence-electron chi connectivity index (χ4n) is 3.71. The minimum atomic E-state index is -1.69. The number of halogens is 1. The molecule has 8 nitrogen and oxygen atoms in total. The highest BCUT2D eigenvalue weighted by atomic mass is 35.5. The molecular formula is C20H23ClN2O6. The Morgan fingerprint density at radius 3 is 2.55 bits per heavy atom. The van der Waals surface area contributed by atoms with E-state index in [4.69, 9.17) is 25.8 Å². The lowest BCUT2D eigenvalue weighted by molar-refractivity contribution is -0.129. The van der Waals surface area contributed by atoms with Gasteiger partial charge in [0.2, 0.25) is 23.1 Å². The summed E-state index contributed by atoms with van der Waals surface area (Å²) in [5.74, 6) is -0.878. The van der Waals surface area contributed by atoms with Crippen molar-refractivity contribution in [3.8, 4) is 17.2 Å². The van der Waals surface area contributed by atoms with E-state index in [0.29, 0.717) is 31.0 Å². The van der Waals surface area contributed by atoms with Crippen LogP contribution in [0.15, 0.2) is 17.8 Å². The molecule has 29 heavy (non-hydrogen) atoms. The van der Waals surface area contributed by atoms with E-state index in [9.17, 15) is 14.4 Å². The standard InChI is InChI=1S/C20H23ClN2O6/c1-10-7-12(23-6-5-22-11(2)24)8-15(25)20(10)19(26)16-13(27-3)9-14(28-4)17(21)18(16)29-20/h8-10,23H,5-7H2,1-4H3,(H,22,24)/t10-,20+/m1/s1. The first-order chi connectivity index (χ1) is 13.8. The third-order valence-corrected chi connectivity index (χ3v) is 5.52. The first-order valence-electron chi connectivity index (χ1n) is 9.17. The molecule has 0 saturated heterocycles. The number of carbonyl (C=O) groups is 3. The van der Waals surface area contributed by atoms with Gasteiger partial charge in [-0.15, -0.1) is 0 Å². The summed E-state index contributed by atoms with van der Waals surface area (Å²) in [6.07, 6.45) is 1.80. The van der Waals surface area contributed by atoms with Crippen LogP contribution in [0.5, 0.6) is 17.2 Å². The van der Waals surface area contributed by atoms with E-state index in [1.807, 2.05) is 0 Å². The summed E-state index contributed by atoms with van der Waals surface area (Å²) in [5.41, 5.74) is -0.857. The summed E-state index contributed by atoms with van der Waals surface area (Å²) in [6, 6.07) is 1.50. The molecule has 0 fully saturated rings. The van der Waals surface area contributed by atoms with Crippen LogP contribution < -0.4 is 24.8 Å². The molecule has 2 N–H and O–H groups in total. The summed E-state index contributed by atoms with van der Waals surface area (Å²) >= 11 is 6.35. The Bertz CT molecular complexity index is 913. The van der Waals surface area contributed by atoms with Crippen molar-refractivity contribution in [1.82, 2.24) is 10.6 Å². The van der Waals surface area contributed by atoms with Crippen molar-refractivity contribution in [1.29, 1.82) is 0 Å². The predicted octanol–water partition coefficient (Wildman–Crippen LogP) is 1.89. The number of allylic oxidation sites excluding steroid dienone is 1. The molecule has 2 atom stereocenters. The topological polar surface area (TPSA) is 103 Å². The third kappa shape index (κ3) is 3.42. The van der Waals surface area contributed by atoms with Crippen LogP contribution in [-0.4, -0.2) is 50.4 Å². The van der Waals surface area contributed by atoms with Gasteiger partial charge in [-0.3, -0.25) is 14.4 Å². The monoisotopic (exact) mass is 422 g/mol. The van der Waals surface area contributed by atoms with Crippen LogP contribution in [-0.2, 0) is 9.59 Å². The minimum Gasteiger partial charge on any atom is -0.496 e. The maximum atomic E-state index is 13.3. The number of fused-ring (bicyclic) bond motifs is 1. The Balaban J connectivity index is 1.91. The molecule has 0 bridgehead atoms. The lowest BCUT2D eigenvalue weighted by Gasteiger charge is -2.35. The summed E-state index contributed by atoms with van der Waals surface area (Å²) in [7, 11) is 2.86. The smallest absolute Gasteiger partial charge is 0.236 e. The van der Waals surface area contributed by atoms with E-state index < -0.39 is 23.1 Å². The van der Waals surface area contributed by atoms with Gasteiger partial charge in [0.15, 0.2) is 5.75 Å². The van der Waals surface area contributed by atoms with Gasteiger partial charge in [-0.05, 0) is 6.42 Å². The normalized spacial score (nSPS) is 22.7. The van der Waals surface area contributed by atoms with Gasteiger partial charge in [-0.25, -0.2) is 0 Å². The van der Waals surface area contributed by atoms with Crippen molar-refractivity contribution in [2.75, 3.05) is 27.3 Å². The van der Waals surface area contributed by atoms with Gasteiger partial charge >= 0.3 is 0 Å². The molecule has 0 saturated carbocycles. The van der Waals surface area contributed by atoms with Crippen LogP contribution in [0.2, 0.25) is 5.02 Å². The summed E-state index contributed by atoms with van der Waals surface area (Å²) in [5, 5.41) is 5.91. The Morgan fingerprint density at radius 2 is 1.97 bits per heavy atom. The number of hydrogen-bond donors (Lipinski definition) is 2. The number of rotatable bonds is 6. The van der Waals surface area contributed by atoms with E-state index >= 15 is 0 Å². The molecule has 1 aromatic carbocycles. The van der Waals surface area contributed by atoms with Crippen LogP contribution in [0, 0.1) is 5.92 Å². The molecule has 0 radical (unpaired) electrons. The second-order valence-electron chi connectivity index (χ2n) is 7.01. The molecule has 156 valence electrons. The number of amides is 1. The molecule has 1 aliphatic heterocycles. The average Bonchev–Trinajstić information content (AvgIpc) is 2.99. The lowest BCUT2D eigenvalue weighted by atomic mass is 9.74. The van der Waals surface area contributed by atoms with Crippen molar-refractivity contribution in [3.63, 3.8) is 0 Å². The highest BCUT2D eigenvalue weighted by Crippen LogP contribution is 2.52. The fraction of sp³-hybridized carbons (Fsp3) is 0.450. The van der Waals surface area contributed by atoms with Crippen molar-refractivity contribution < 1.29 is 28.6 Å². The van der Waals surface area contributed by atoms with E-state index in [-0.39, 0.29) is 28.0 Å². The predicted molar refractivity (Wildman–Crippen MR) is 106 cm³/mol. The van der Waals surface area contributed by atoms with E-state index in [1.54, 1.807) is 6.92 Å². The molecular weight excluding hydrogens is 400 g/mol. The molecule has 3 rings (SSSR count). The van der Waals surface area contributed by atoms with Gasteiger partial charge in [-0.1, -0.05) is 18.5 Å². The number of benzene rings is 1. The van der Waals surface area contributed by atoms with Crippen LogP contribution in [0.4, 0.5) is 0 Å². The average molecular weight is 423 g/mol. The second-order valence-corrected chi connectivity index (χ2v) is 7.39. The molecule has 1 aromatic rings. The zero-order valence-electron chi connectivity index (χ0n) is 16.7. The quantitative estimate of drug-likeness (QED) is 0.533. The number of methoxy groups -OCH3 is 2. The van der Waals surface area contributed by atoms with Gasteiger partial charge in [0.1, 0.15) is 22.1 Å². The van der Waals surface area contributed by atoms with E-state index in [2.05, 4.69) is 10.6 Å². The van der Waals surface area contributed by atoms with Gasteiger partial charge in [0, 0.05) is 43.8 Å². The molecule has 2 aliphatic rings. The number of ether oxygens (including phenoxy) is 3. The van der Waals surface area contributed by atoms with Crippen LogP contribution in [0.1, 0.15) is 30.6 Å². The van der Waals surface area contributed by atoms with Crippen LogP contribution >= 0.6 is 11.6 Å². The van der Waals surface area contributed by atoms with Crippen LogP contribution in [0.3, 0.4) is 0 Å². The Kier molecular flexibility index (Phi) is 5.75. The van der Waals surface area contributed by atoms with E-state index in [0.717, 1.165) is 0 Å². The molecule has 1 amide bonds. The number of hydrogen-bond acceptors (Lipinski definition) is 7. The molecule has 1 spiro atoms.